The van der Waals surface area contributed by atoms with Crippen molar-refractivity contribution in [2.24, 2.45) is 0 Å². The van der Waals surface area contributed by atoms with E-state index in [1.807, 2.05) is 12.1 Å². The van der Waals surface area contributed by atoms with Crippen LogP contribution in [0, 0.1) is 0 Å². The Kier molecular flexibility index (Phi) is 4.76. The third-order valence-corrected chi connectivity index (χ3v) is 2.57. The first kappa shape index (κ1) is 13.0. The molecule has 1 atom stereocenters. The van der Waals surface area contributed by atoms with Gasteiger partial charge in [-0.2, -0.15) is 0 Å². The molecule has 5 heteroatoms. The van der Waals surface area contributed by atoms with Gasteiger partial charge < -0.3 is 14.6 Å². The maximum atomic E-state index is 10.6. The molecule has 0 aromatic heterocycles. The van der Waals surface area contributed by atoms with Crippen LogP contribution in [0.25, 0.3) is 0 Å². The SMILES string of the molecule is COc1ccc(Br)cc1CO[C@@H](C)C(=O)O. The van der Waals surface area contributed by atoms with Gasteiger partial charge in [0.1, 0.15) is 5.75 Å². The lowest BCUT2D eigenvalue weighted by molar-refractivity contribution is -0.149. The molecule has 0 bridgehead atoms. The Hall–Kier alpha value is -1.07. The number of carbonyl (C=O) groups is 1. The van der Waals surface area contributed by atoms with Crippen LogP contribution in [0.2, 0.25) is 0 Å². The molecule has 0 unspecified atom stereocenters. The van der Waals surface area contributed by atoms with Crippen molar-refractivity contribution in [2.75, 3.05) is 7.11 Å². The first-order valence-corrected chi connectivity index (χ1v) is 5.50. The molecule has 0 radical (unpaired) electrons. The zero-order chi connectivity index (χ0) is 12.1. The van der Waals surface area contributed by atoms with Crippen molar-refractivity contribution >= 4 is 21.9 Å². The van der Waals surface area contributed by atoms with Gasteiger partial charge in [-0.25, -0.2) is 4.79 Å². The zero-order valence-electron chi connectivity index (χ0n) is 9.07. The van der Waals surface area contributed by atoms with Gasteiger partial charge in [0.25, 0.3) is 0 Å². The standard InChI is InChI=1S/C11H13BrO4/c1-7(11(13)14)16-6-8-5-9(12)3-4-10(8)15-2/h3-5,7H,6H2,1-2H3,(H,13,14)/t7-/m0/s1. The van der Waals surface area contributed by atoms with E-state index >= 15 is 0 Å². The molecule has 88 valence electrons. The minimum atomic E-state index is -0.978. The molecule has 0 saturated carbocycles. The number of hydrogen-bond donors (Lipinski definition) is 1. The highest BCUT2D eigenvalue weighted by molar-refractivity contribution is 9.10. The van der Waals surface area contributed by atoms with Crippen LogP contribution in [0.5, 0.6) is 5.75 Å². The third kappa shape index (κ3) is 3.50. The van der Waals surface area contributed by atoms with E-state index in [-0.39, 0.29) is 6.61 Å². The number of ether oxygens (including phenoxy) is 2. The highest BCUT2D eigenvalue weighted by atomic mass is 79.9. The number of carboxylic acid groups (broad SMARTS) is 1. The van der Waals surface area contributed by atoms with E-state index in [1.165, 1.54) is 6.92 Å². The van der Waals surface area contributed by atoms with Gasteiger partial charge in [-0.3, -0.25) is 0 Å². The predicted octanol–water partition coefficient (Wildman–Crippen LogP) is 2.45. The molecule has 0 spiro atoms. The average Bonchev–Trinajstić information content (AvgIpc) is 2.25. The maximum Gasteiger partial charge on any atom is 0.332 e. The van der Waals surface area contributed by atoms with Crippen LogP contribution >= 0.6 is 15.9 Å². The molecule has 4 nitrogen and oxygen atoms in total. The number of halogens is 1. The summed E-state index contributed by atoms with van der Waals surface area (Å²) in [6, 6.07) is 5.49. The van der Waals surface area contributed by atoms with E-state index in [2.05, 4.69) is 15.9 Å². The van der Waals surface area contributed by atoms with Gasteiger partial charge in [0.15, 0.2) is 6.10 Å². The molecule has 1 aromatic carbocycles. The molecule has 16 heavy (non-hydrogen) atoms. The van der Waals surface area contributed by atoms with Crippen molar-refractivity contribution in [1.82, 2.24) is 0 Å². The van der Waals surface area contributed by atoms with E-state index in [4.69, 9.17) is 14.6 Å². The summed E-state index contributed by atoms with van der Waals surface area (Å²) in [5.41, 5.74) is 0.810. The summed E-state index contributed by atoms with van der Waals surface area (Å²) in [5, 5.41) is 8.68. The average molecular weight is 289 g/mol. The van der Waals surface area contributed by atoms with E-state index in [9.17, 15) is 4.79 Å². The summed E-state index contributed by atoms with van der Waals surface area (Å²) in [4.78, 5) is 10.6. The molecule has 1 rings (SSSR count). The lowest BCUT2D eigenvalue weighted by Gasteiger charge is -2.11. The smallest absolute Gasteiger partial charge is 0.332 e. The Morgan fingerprint density at radius 1 is 1.56 bits per heavy atom. The van der Waals surface area contributed by atoms with Crippen molar-refractivity contribution in [1.29, 1.82) is 0 Å². The molecule has 0 fully saturated rings. The fourth-order valence-corrected chi connectivity index (χ4v) is 1.55. The fraction of sp³-hybridized carbons (Fsp3) is 0.364. The van der Waals surface area contributed by atoms with Gasteiger partial charge in [0, 0.05) is 10.0 Å². The molecule has 1 aromatic rings. The van der Waals surface area contributed by atoms with Crippen LogP contribution < -0.4 is 4.74 Å². The van der Waals surface area contributed by atoms with Gasteiger partial charge >= 0.3 is 5.97 Å². The van der Waals surface area contributed by atoms with Crippen LogP contribution in [0.15, 0.2) is 22.7 Å². The van der Waals surface area contributed by atoms with Crippen molar-refractivity contribution in [3.63, 3.8) is 0 Å². The Balaban J connectivity index is 2.72. The van der Waals surface area contributed by atoms with Gasteiger partial charge in [0.2, 0.25) is 0 Å². The summed E-state index contributed by atoms with van der Waals surface area (Å²) >= 11 is 3.33. The highest BCUT2D eigenvalue weighted by Gasteiger charge is 2.12. The minimum absolute atomic E-state index is 0.204. The maximum absolute atomic E-state index is 10.6. The van der Waals surface area contributed by atoms with Gasteiger partial charge in [-0.1, -0.05) is 15.9 Å². The molecular weight excluding hydrogens is 276 g/mol. The Bertz CT molecular complexity index is 378. The van der Waals surface area contributed by atoms with E-state index in [0.29, 0.717) is 5.75 Å². The first-order chi connectivity index (χ1) is 7.54. The number of carboxylic acids is 1. The molecule has 0 aliphatic heterocycles. The Morgan fingerprint density at radius 3 is 2.81 bits per heavy atom. The predicted molar refractivity (Wildman–Crippen MR) is 62.6 cm³/mol. The number of benzene rings is 1. The molecule has 0 amide bonds. The number of methoxy groups -OCH3 is 1. The molecular formula is C11H13BrO4. The molecule has 0 aliphatic rings. The second-order valence-electron chi connectivity index (χ2n) is 3.25. The van der Waals surface area contributed by atoms with Crippen molar-refractivity contribution in [3.05, 3.63) is 28.2 Å². The van der Waals surface area contributed by atoms with E-state index in [0.717, 1.165) is 10.0 Å². The molecule has 0 saturated heterocycles. The van der Waals surface area contributed by atoms with Gasteiger partial charge in [-0.05, 0) is 25.1 Å². The van der Waals surface area contributed by atoms with Crippen LogP contribution in [0.1, 0.15) is 12.5 Å². The van der Waals surface area contributed by atoms with Crippen LogP contribution in [-0.4, -0.2) is 24.3 Å². The van der Waals surface area contributed by atoms with Crippen LogP contribution in [0.3, 0.4) is 0 Å². The molecule has 1 N–H and O–H groups in total. The second-order valence-corrected chi connectivity index (χ2v) is 4.16. The fourth-order valence-electron chi connectivity index (χ4n) is 1.15. The summed E-state index contributed by atoms with van der Waals surface area (Å²) in [6.07, 6.45) is -0.830. The minimum Gasteiger partial charge on any atom is -0.496 e. The summed E-state index contributed by atoms with van der Waals surface area (Å²) in [5.74, 6) is -0.297. The van der Waals surface area contributed by atoms with Crippen LogP contribution in [-0.2, 0) is 16.1 Å². The van der Waals surface area contributed by atoms with Crippen molar-refractivity contribution in [3.8, 4) is 5.75 Å². The van der Waals surface area contributed by atoms with E-state index in [1.54, 1.807) is 13.2 Å². The van der Waals surface area contributed by atoms with Crippen molar-refractivity contribution < 1.29 is 19.4 Å². The largest absolute Gasteiger partial charge is 0.496 e. The quantitative estimate of drug-likeness (QED) is 0.904. The Morgan fingerprint density at radius 2 is 2.25 bits per heavy atom. The number of aliphatic carboxylic acids is 1. The summed E-state index contributed by atoms with van der Waals surface area (Å²) in [6.45, 7) is 1.70. The lowest BCUT2D eigenvalue weighted by Crippen LogP contribution is -2.19. The number of rotatable bonds is 5. The summed E-state index contributed by atoms with van der Waals surface area (Å²) in [7, 11) is 1.56. The summed E-state index contributed by atoms with van der Waals surface area (Å²) < 4.78 is 11.2. The monoisotopic (exact) mass is 288 g/mol. The number of hydrogen-bond acceptors (Lipinski definition) is 3. The third-order valence-electron chi connectivity index (χ3n) is 2.08. The van der Waals surface area contributed by atoms with E-state index < -0.39 is 12.1 Å². The topological polar surface area (TPSA) is 55.8 Å². The van der Waals surface area contributed by atoms with Gasteiger partial charge in [-0.15, -0.1) is 0 Å². The molecule has 0 aliphatic carbocycles. The lowest BCUT2D eigenvalue weighted by atomic mass is 10.2. The van der Waals surface area contributed by atoms with Crippen LogP contribution in [0.4, 0.5) is 0 Å². The molecule has 0 heterocycles. The highest BCUT2D eigenvalue weighted by Crippen LogP contribution is 2.23. The zero-order valence-corrected chi connectivity index (χ0v) is 10.7. The normalized spacial score (nSPS) is 12.2. The Labute approximate surface area is 102 Å². The first-order valence-electron chi connectivity index (χ1n) is 4.71. The van der Waals surface area contributed by atoms with Crippen molar-refractivity contribution in [2.45, 2.75) is 19.6 Å². The second kappa shape index (κ2) is 5.86. The van der Waals surface area contributed by atoms with Gasteiger partial charge in [0.05, 0.1) is 13.7 Å².